The fourth-order valence-corrected chi connectivity index (χ4v) is 4.03. The van der Waals surface area contributed by atoms with Crippen LogP contribution in [0.1, 0.15) is 47.0 Å². The highest BCUT2D eigenvalue weighted by Gasteiger charge is 2.41. The lowest BCUT2D eigenvalue weighted by atomic mass is 9.79. The Kier molecular flexibility index (Phi) is 9.37. The summed E-state index contributed by atoms with van der Waals surface area (Å²) in [5.41, 5.74) is 0.237. The van der Waals surface area contributed by atoms with Crippen molar-refractivity contribution < 1.29 is 14.6 Å². The summed E-state index contributed by atoms with van der Waals surface area (Å²) in [6.07, 6.45) is 3.11. The van der Waals surface area contributed by atoms with Crippen LogP contribution in [0.4, 0.5) is 0 Å². The van der Waals surface area contributed by atoms with E-state index in [1.807, 2.05) is 24.3 Å². The summed E-state index contributed by atoms with van der Waals surface area (Å²) in [4.78, 5) is 2.44. The minimum Gasteiger partial charge on any atom is -0.491 e. The molecule has 1 N–H and O–H groups in total. The largest absolute Gasteiger partial charge is 0.491 e. The van der Waals surface area contributed by atoms with Gasteiger partial charge in [0.25, 0.3) is 0 Å². The normalized spacial score (nSPS) is 20.2. The van der Waals surface area contributed by atoms with Crippen molar-refractivity contribution in [1.82, 2.24) is 4.90 Å². The van der Waals surface area contributed by atoms with Crippen LogP contribution in [0, 0.1) is 0 Å². The molecule has 0 aliphatic carbocycles. The Bertz CT molecular complexity index is 520. The molecule has 1 aliphatic heterocycles. The van der Waals surface area contributed by atoms with Gasteiger partial charge in [-0.05, 0) is 71.2 Å². The number of hydrogen-bond donors (Lipinski definition) is 1. The maximum absolute atomic E-state index is 10.4. The van der Waals surface area contributed by atoms with Crippen molar-refractivity contribution in [1.29, 1.82) is 0 Å². The fraction of sp³-hybridized carbons (Fsp3) is 0.700. The first-order valence-electron chi connectivity index (χ1n) is 9.13. The van der Waals surface area contributed by atoms with Crippen LogP contribution < -0.4 is 4.74 Å². The third-order valence-corrected chi connectivity index (χ3v) is 5.58. The number of likely N-dealkylation sites (tertiary alicyclic amines) is 1. The molecule has 1 saturated heterocycles. The smallest absolute Gasteiger partial charge is 0.119 e. The second kappa shape index (κ2) is 10.3. The molecule has 6 heteroatoms. The van der Waals surface area contributed by atoms with Crippen LogP contribution in [0.2, 0.25) is 0 Å². The Hall–Kier alpha value is -0.330. The number of β-amino-alcohol motifs (C(OH)–C–C–N with tert-alkyl or cyclic N) is 1. The van der Waals surface area contributed by atoms with Gasteiger partial charge in [0.15, 0.2) is 0 Å². The zero-order valence-corrected chi connectivity index (χ0v) is 18.7. The lowest BCUT2D eigenvalue weighted by Crippen LogP contribution is -2.60. The molecule has 0 amide bonds. The van der Waals surface area contributed by atoms with Crippen molar-refractivity contribution in [2.75, 3.05) is 26.4 Å². The highest BCUT2D eigenvalue weighted by Crippen LogP contribution is 2.38. The van der Waals surface area contributed by atoms with Crippen molar-refractivity contribution in [2.45, 2.75) is 64.1 Å². The summed E-state index contributed by atoms with van der Waals surface area (Å²) in [7, 11) is 0. The number of piperidine rings is 1. The molecule has 1 heterocycles. The summed E-state index contributed by atoms with van der Waals surface area (Å²) in [6.45, 7) is 11.0. The number of hydrogen-bond acceptors (Lipinski definition) is 4. The van der Waals surface area contributed by atoms with Crippen LogP contribution in [0.5, 0.6) is 5.75 Å². The van der Waals surface area contributed by atoms with E-state index in [-0.39, 0.29) is 23.5 Å². The summed E-state index contributed by atoms with van der Waals surface area (Å²) in [6, 6.07) is 7.73. The molecule has 0 radical (unpaired) electrons. The van der Waals surface area contributed by atoms with E-state index < -0.39 is 6.10 Å². The Balaban J connectivity index is 0.00000338. The zero-order chi connectivity index (χ0) is 18.5. The molecule has 0 aromatic heterocycles. The second-order valence-electron chi connectivity index (χ2n) is 8.12. The summed E-state index contributed by atoms with van der Waals surface area (Å²) in [5, 5.41) is 10.4. The van der Waals surface area contributed by atoms with Gasteiger partial charge < -0.3 is 14.6 Å². The van der Waals surface area contributed by atoms with E-state index in [0.29, 0.717) is 26.4 Å². The molecule has 2 rings (SSSR count). The van der Waals surface area contributed by atoms with E-state index in [1.54, 1.807) is 0 Å². The van der Waals surface area contributed by atoms with Crippen LogP contribution in [0.15, 0.2) is 28.7 Å². The monoisotopic (exact) mass is 449 g/mol. The van der Waals surface area contributed by atoms with Gasteiger partial charge in [-0.25, -0.2) is 0 Å². The molecule has 1 unspecified atom stereocenters. The molecular weight excluding hydrogens is 418 g/mol. The average molecular weight is 451 g/mol. The third-order valence-electron chi connectivity index (χ3n) is 5.05. The van der Waals surface area contributed by atoms with Crippen LogP contribution in [-0.4, -0.2) is 53.6 Å². The standard InChI is InChI=1S/C20H32BrNO3.ClH/c1-19(2)10-5-11-20(3,4)22(19)14-17(23)15-24-12-13-25-18-8-6-16(21)7-9-18;/h6-9,17,23H,5,10-15H2,1-4H3;1H. The van der Waals surface area contributed by atoms with Crippen molar-refractivity contribution in [3.63, 3.8) is 0 Å². The average Bonchev–Trinajstić information content (AvgIpc) is 2.52. The van der Waals surface area contributed by atoms with E-state index in [1.165, 1.54) is 19.3 Å². The van der Waals surface area contributed by atoms with Crippen molar-refractivity contribution in [3.8, 4) is 5.75 Å². The number of aliphatic hydroxyl groups is 1. The lowest BCUT2D eigenvalue weighted by molar-refractivity contribution is -0.0710. The topological polar surface area (TPSA) is 41.9 Å². The molecule has 1 fully saturated rings. The number of benzene rings is 1. The predicted molar refractivity (Wildman–Crippen MR) is 112 cm³/mol. The Morgan fingerprint density at radius 2 is 1.65 bits per heavy atom. The molecule has 0 spiro atoms. The zero-order valence-electron chi connectivity index (χ0n) is 16.3. The molecular formula is C20H33BrClNO3. The Morgan fingerprint density at radius 1 is 1.08 bits per heavy atom. The maximum atomic E-state index is 10.4. The van der Waals surface area contributed by atoms with Gasteiger partial charge in [-0.2, -0.15) is 0 Å². The fourth-order valence-electron chi connectivity index (χ4n) is 3.77. The van der Waals surface area contributed by atoms with Crippen LogP contribution in [0.3, 0.4) is 0 Å². The maximum Gasteiger partial charge on any atom is 0.119 e. The van der Waals surface area contributed by atoms with Gasteiger partial charge in [-0.3, -0.25) is 4.90 Å². The number of halogens is 2. The van der Waals surface area contributed by atoms with Crippen molar-refractivity contribution in [2.24, 2.45) is 0 Å². The first kappa shape index (κ1) is 23.7. The minimum absolute atomic E-state index is 0. The molecule has 4 nitrogen and oxygen atoms in total. The van der Waals surface area contributed by atoms with Crippen molar-refractivity contribution in [3.05, 3.63) is 28.7 Å². The number of nitrogens with zero attached hydrogens (tertiary/aromatic N) is 1. The van der Waals surface area contributed by atoms with E-state index in [0.717, 1.165) is 10.2 Å². The minimum atomic E-state index is -0.482. The predicted octanol–water partition coefficient (Wildman–Crippen LogP) is 4.67. The van der Waals surface area contributed by atoms with Gasteiger partial charge in [-0.1, -0.05) is 15.9 Å². The number of rotatable bonds is 8. The van der Waals surface area contributed by atoms with E-state index in [4.69, 9.17) is 9.47 Å². The Labute approximate surface area is 172 Å². The lowest BCUT2D eigenvalue weighted by Gasteiger charge is -2.53. The van der Waals surface area contributed by atoms with Crippen LogP contribution in [-0.2, 0) is 4.74 Å². The molecule has 0 bridgehead atoms. The highest BCUT2D eigenvalue weighted by molar-refractivity contribution is 9.10. The summed E-state index contributed by atoms with van der Waals surface area (Å²) in [5.74, 6) is 0.823. The van der Waals surface area contributed by atoms with E-state index in [9.17, 15) is 5.11 Å². The Morgan fingerprint density at radius 3 is 2.23 bits per heavy atom. The van der Waals surface area contributed by atoms with E-state index in [2.05, 4.69) is 48.5 Å². The van der Waals surface area contributed by atoms with Gasteiger partial charge in [0.05, 0.1) is 19.3 Å². The first-order valence-corrected chi connectivity index (χ1v) is 9.92. The van der Waals surface area contributed by atoms with E-state index >= 15 is 0 Å². The SMILES string of the molecule is CC1(C)CCCC(C)(C)N1CC(O)COCCOc1ccc(Br)cc1.Cl. The third kappa shape index (κ3) is 7.01. The van der Waals surface area contributed by atoms with Gasteiger partial charge in [0, 0.05) is 22.1 Å². The van der Waals surface area contributed by atoms with Crippen LogP contribution >= 0.6 is 28.3 Å². The molecule has 1 aromatic carbocycles. The van der Waals surface area contributed by atoms with Gasteiger partial charge in [0.2, 0.25) is 0 Å². The number of aliphatic hydroxyl groups excluding tert-OH is 1. The molecule has 1 atom stereocenters. The molecule has 26 heavy (non-hydrogen) atoms. The molecule has 0 saturated carbocycles. The molecule has 150 valence electrons. The van der Waals surface area contributed by atoms with Crippen molar-refractivity contribution >= 4 is 28.3 Å². The first-order chi connectivity index (χ1) is 11.7. The summed E-state index contributed by atoms with van der Waals surface area (Å²) >= 11 is 3.40. The summed E-state index contributed by atoms with van der Waals surface area (Å²) < 4.78 is 12.3. The highest BCUT2D eigenvalue weighted by atomic mass is 79.9. The second-order valence-corrected chi connectivity index (χ2v) is 9.04. The van der Waals surface area contributed by atoms with Gasteiger partial charge >= 0.3 is 0 Å². The number of ether oxygens (including phenoxy) is 2. The van der Waals surface area contributed by atoms with Gasteiger partial charge in [-0.15, -0.1) is 12.4 Å². The van der Waals surface area contributed by atoms with Gasteiger partial charge in [0.1, 0.15) is 12.4 Å². The van der Waals surface area contributed by atoms with Crippen LogP contribution in [0.25, 0.3) is 0 Å². The molecule has 1 aliphatic rings. The quantitative estimate of drug-likeness (QED) is 0.584. The molecule has 1 aromatic rings.